The van der Waals surface area contributed by atoms with E-state index in [0.717, 1.165) is 6.20 Å². The minimum absolute atomic E-state index is 0.0107. The fraction of sp³-hybridized carbons (Fsp3) is 0.333. The third kappa shape index (κ3) is 2.13. The van der Waals surface area contributed by atoms with Gasteiger partial charge in [0.25, 0.3) is 0 Å². The van der Waals surface area contributed by atoms with Crippen LogP contribution >= 0.6 is 0 Å². The lowest BCUT2D eigenvalue weighted by Crippen LogP contribution is -2.12. The van der Waals surface area contributed by atoms with Gasteiger partial charge in [0.1, 0.15) is 5.69 Å². The van der Waals surface area contributed by atoms with Crippen molar-refractivity contribution in [1.82, 2.24) is 4.98 Å². The molecule has 0 saturated heterocycles. The van der Waals surface area contributed by atoms with Crippen molar-refractivity contribution >= 4 is 11.7 Å². The molecule has 16 heavy (non-hydrogen) atoms. The van der Waals surface area contributed by atoms with Crippen LogP contribution in [0, 0.1) is 22.9 Å². The van der Waals surface area contributed by atoms with Crippen LogP contribution in [0.5, 0.6) is 0 Å². The molecule has 0 bridgehead atoms. The number of carbonyl (C=O) groups excluding carboxylic acids is 1. The topological polar surface area (TPSA) is 82.3 Å². The lowest BCUT2D eigenvalue weighted by atomic mass is 10.2. The Morgan fingerprint density at radius 2 is 2.31 bits per heavy atom. The summed E-state index contributed by atoms with van der Waals surface area (Å²) in [7, 11) is 0. The van der Waals surface area contributed by atoms with Gasteiger partial charge in [-0.2, -0.15) is 0 Å². The maximum atomic E-state index is 13.3. The fourth-order valence-electron chi connectivity index (χ4n) is 1.19. The predicted molar refractivity (Wildman–Crippen MR) is 51.5 cm³/mol. The van der Waals surface area contributed by atoms with E-state index in [4.69, 9.17) is 0 Å². The summed E-state index contributed by atoms with van der Waals surface area (Å²) in [5, 5.41) is 10.7. The highest BCUT2D eigenvalue weighted by Gasteiger charge is 2.29. The number of carbonyl (C=O) groups is 1. The number of nitro groups is 1. The van der Waals surface area contributed by atoms with Crippen molar-refractivity contribution in [2.24, 2.45) is 0 Å². The number of aromatic nitrogens is 1. The highest BCUT2D eigenvalue weighted by atomic mass is 19.1. The Morgan fingerprint density at radius 3 is 2.81 bits per heavy atom. The van der Waals surface area contributed by atoms with Crippen molar-refractivity contribution in [2.45, 2.75) is 13.8 Å². The summed E-state index contributed by atoms with van der Waals surface area (Å²) in [6, 6.07) is 0. The smallest absolute Gasteiger partial charge is 0.348 e. The van der Waals surface area contributed by atoms with E-state index in [1.165, 1.54) is 13.8 Å². The summed E-state index contributed by atoms with van der Waals surface area (Å²) in [6.45, 7) is 2.85. The number of aryl methyl sites for hydroxylation is 1. The molecular formula is C9H9FN2O4. The van der Waals surface area contributed by atoms with Gasteiger partial charge in [0.15, 0.2) is 11.4 Å². The average molecular weight is 228 g/mol. The summed E-state index contributed by atoms with van der Waals surface area (Å²) >= 11 is 0. The van der Waals surface area contributed by atoms with Crippen LogP contribution in [0.25, 0.3) is 0 Å². The molecule has 0 spiro atoms. The molecule has 0 atom stereocenters. The van der Waals surface area contributed by atoms with E-state index in [-0.39, 0.29) is 12.3 Å². The number of ether oxygens (including phenoxy) is 1. The number of pyridine rings is 1. The van der Waals surface area contributed by atoms with Gasteiger partial charge in [-0.05, 0) is 13.8 Å². The van der Waals surface area contributed by atoms with E-state index < -0.39 is 28.0 Å². The van der Waals surface area contributed by atoms with Crippen LogP contribution in [0.2, 0.25) is 0 Å². The summed E-state index contributed by atoms with van der Waals surface area (Å²) in [6.07, 6.45) is 0.759. The van der Waals surface area contributed by atoms with Gasteiger partial charge in [-0.1, -0.05) is 0 Å². The maximum Gasteiger partial charge on any atom is 0.348 e. The number of halogens is 1. The standard InChI is InChI=1S/C9H9FN2O4/c1-3-16-9(13)7-6(10)4-11-5(2)8(7)12(14)15/h4H,3H2,1-2H3. The van der Waals surface area contributed by atoms with E-state index in [9.17, 15) is 19.3 Å². The number of hydrogen-bond donors (Lipinski definition) is 0. The second kappa shape index (κ2) is 4.65. The molecule has 0 aliphatic heterocycles. The van der Waals surface area contributed by atoms with Crippen molar-refractivity contribution in [1.29, 1.82) is 0 Å². The maximum absolute atomic E-state index is 13.3. The van der Waals surface area contributed by atoms with Gasteiger partial charge in [-0.3, -0.25) is 15.1 Å². The van der Waals surface area contributed by atoms with Gasteiger partial charge in [0, 0.05) is 0 Å². The normalized spacial score (nSPS) is 9.94. The van der Waals surface area contributed by atoms with Crippen molar-refractivity contribution in [2.75, 3.05) is 6.61 Å². The largest absolute Gasteiger partial charge is 0.462 e. The third-order valence-electron chi connectivity index (χ3n) is 1.85. The Labute approximate surface area is 90.2 Å². The molecular weight excluding hydrogens is 219 g/mol. The first kappa shape index (κ1) is 12.0. The van der Waals surface area contributed by atoms with Crippen molar-refractivity contribution in [3.8, 4) is 0 Å². The van der Waals surface area contributed by atoms with Gasteiger partial charge in [-0.15, -0.1) is 0 Å². The van der Waals surface area contributed by atoms with Crippen LogP contribution in [0.4, 0.5) is 10.1 Å². The molecule has 0 aliphatic carbocycles. The lowest BCUT2D eigenvalue weighted by molar-refractivity contribution is -0.386. The molecule has 0 radical (unpaired) electrons. The zero-order valence-corrected chi connectivity index (χ0v) is 8.69. The molecule has 6 nitrogen and oxygen atoms in total. The highest BCUT2D eigenvalue weighted by molar-refractivity contribution is 5.94. The lowest BCUT2D eigenvalue weighted by Gasteiger charge is -2.05. The van der Waals surface area contributed by atoms with Crippen LogP contribution in [-0.4, -0.2) is 22.5 Å². The zero-order valence-electron chi connectivity index (χ0n) is 8.69. The number of nitrogens with zero attached hydrogens (tertiary/aromatic N) is 2. The van der Waals surface area contributed by atoms with Crippen molar-refractivity contribution < 1.29 is 18.8 Å². The molecule has 0 amide bonds. The molecule has 0 fully saturated rings. The van der Waals surface area contributed by atoms with E-state index >= 15 is 0 Å². The second-order valence-corrected chi connectivity index (χ2v) is 2.89. The molecule has 0 unspecified atom stereocenters. The summed E-state index contributed by atoms with van der Waals surface area (Å²) in [5.41, 5.74) is -1.37. The van der Waals surface area contributed by atoms with Crippen LogP contribution in [0.15, 0.2) is 6.20 Å². The van der Waals surface area contributed by atoms with E-state index in [1.54, 1.807) is 0 Å². The second-order valence-electron chi connectivity index (χ2n) is 2.89. The van der Waals surface area contributed by atoms with Gasteiger partial charge in [0.05, 0.1) is 17.7 Å². The van der Waals surface area contributed by atoms with Crippen LogP contribution < -0.4 is 0 Å². The van der Waals surface area contributed by atoms with Gasteiger partial charge in [-0.25, -0.2) is 9.18 Å². The fourth-order valence-corrected chi connectivity index (χ4v) is 1.19. The summed E-state index contributed by atoms with van der Waals surface area (Å²) in [5.74, 6) is -2.12. The Bertz CT molecular complexity index is 447. The minimum atomic E-state index is -1.06. The van der Waals surface area contributed by atoms with Gasteiger partial charge in [0.2, 0.25) is 0 Å². The Hall–Kier alpha value is -2.05. The first-order valence-corrected chi connectivity index (χ1v) is 4.45. The molecule has 1 rings (SSSR count). The van der Waals surface area contributed by atoms with Crippen LogP contribution in [-0.2, 0) is 4.74 Å². The van der Waals surface area contributed by atoms with E-state index in [1.807, 2.05) is 0 Å². The third-order valence-corrected chi connectivity index (χ3v) is 1.85. The SMILES string of the molecule is CCOC(=O)c1c(F)cnc(C)c1[N+](=O)[O-]. The number of rotatable bonds is 3. The number of hydrogen-bond acceptors (Lipinski definition) is 5. The summed E-state index contributed by atoms with van der Waals surface area (Å²) in [4.78, 5) is 24.7. The first-order chi connectivity index (χ1) is 7.49. The molecule has 86 valence electrons. The molecule has 1 heterocycles. The predicted octanol–water partition coefficient (Wildman–Crippen LogP) is 1.61. The Kier molecular flexibility index (Phi) is 3.49. The van der Waals surface area contributed by atoms with Crippen molar-refractivity contribution in [3.05, 3.63) is 33.4 Å². The van der Waals surface area contributed by atoms with E-state index in [0.29, 0.717) is 0 Å². The van der Waals surface area contributed by atoms with Crippen molar-refractivity contribution in [3.63, 3.8) is 0 Å². The molecule has 7 heteroatoms. The van der Waals surface area contributed by atoms with Crippen LogP contribution in [0.3, 0.4) is 0 Å². The summed E-state index contributed by atoms with van der Waals surface area (Å²) < 4.78 is 17.8. The van der Waals surface area contributed by atoms with Gasteiger partial charge < -0.3 is 4.74 Å². The first-order valence-electron chi connectivity index (χ1n) is 4.45. The molecule has 0 saturated carbocycles. The van der Waals surface area contributed by atoms with E-state index in [2.05, 4.69) is 9.72 Å². The van der Waals surface area contributed by atoms with Crippen LogP contribution in [0.1, 0.15) is 23.0 Å². The molecule has 1 aromatic rings. The molecule has 1 aromatic heterocycles. The Morgan fingerprint density at radius 1 is 1.69 bits per heavy atom. The number of esters is 1. The minimum Gasteiger partial charge on any atom is -0.462 e. The monoisotopic (exact) mass is 228 g/mol. The average Bonchev–Trinajstić information content (AvgIpc) is 2.20. The van der Waals surface area contributed by atoms with Gasteiger partial charge >= 0.3 is 11.7 Å². The zero-order chi connectivity index (χ0) is 12.3. The molecule has 0 N–H and O–H groups in total. The quantitative estimate of drug-likeness (QED) is 0.446. The Balaban J connectivity index is 3.40. The molecule has 0 aliphatic rings. The highest BCUT2D eigenvalue weighted by Crippen LogP contribution is 2.24. The molecule has 0 aromatic carbocycles.